The lowest BCUT2D eigenvalue weighted by Crippen LogP contribution is -2.42. The Kier molecular flexibility index (Phi) is 8.20. The zero-order chi connectivity index (χ0) is 19.7. The summed E-state index contributed by atoms with van der Waals surface area (Å²) in [5.74, 6) is -1.37. The van der Waals surface area contributed by atoms with Crippen LogP contribution in [0.25, 0.3) is 0 Å². The smallest absolute Gasteiger partial charge is 0.413 e. The van der Waals surface area contributed by atoms with Gasteiger partial charge in [-0.2, -0.15) is 4.31 Å². The Balaban J connectivity index is 2.90. The van der Waals surface area contributed by atoms with Crippen LogP contribution in [0.2, 0.25) is 0 Å². The molecule has 1 rings (SSSR count). The van der Waals surface area contributed by atoms with E-state index in [1.807, 2.05) is 5.32 Å². The van der Waals surface area contributed by atoms with Crippen molar-refractivity contribution >= 4 is 28.0 Å². The quantitative estimate of drug-likeness (QED) is 0.666. The van der Waals surface area contributed by atoms with Crippen LogP contribution < -0.4 is 5.32 Å². The summed E-state index contributed by atoms with van der Waals surface area (Å²) in [7, 11) is -3.98. The van der Waals surface area contributed by atoms with Gasteiger partial charge in [-0.25, -0.2) is 18.0 Å². The first kappa shape index (κ1) is 21.6. The van der Waals surface area contributed by atoms with E-state index in [4.69, 9.17) is 4.74 Å². The van der Waals surface area contributed by atoms with Crippen LogP contribution in [0.3, 0.4) is 0 Å². The molecule has 0 fully saturated rings. The molecule has 0 heterocycles. The van der Waals surface area contributed by atoms with Gasteiger partial charge in [-0.3, -0.25) is 10.1 Å². The average Bonchev–Trinajstić information content (AvgIpc) is 2.60. The number of benzene rings is 1. The minimum absolute atomic E-state index is 0.0121. The fraction of sp³-hybridized carbons (Fsp3) is 0.438. The van der Waals surface area contributed by atoms with Crippen molar-refractivity contribution in [3.05, 3.63) is 29.8 Å². The number of carbonyl (C=O) groups excluding carboxylic acids is 3. The third-order valence-electron chi connectivity index (χ3n) is 3.19. The fourth-order valence-corrected chi connectivity index (χ4v) is 3.38. The van der Waals surface area contributed by atoms with Gasteiger partial charge in [0.25, 0.3) is 0 Å². The number of imide groups is 1. The normalized spacial score (nSPS) is 11.1. The van der Waals surface area contributed by atoms with Crippen LogP contribution in [-0.4, -0.2) is 57.0 Å². The molecule has 0 saturated heterocycles. The molecule has 0 spiro atoms. The molecule has 26 heavy (non-hydrogen) atoms. The lowest BCUT2D eigenvalue weighted by atomic mass is 10.2. The number of sulfonamides is 1. The third kappa shape index (κ3) is 5.81. The molecule has 0 aromatic heterocycles. The van der Waals surface area contributed by atoms with E-state index in [1.165, 1.54) is 24.3 Å². The number of amides is 2. The molecule has 144 valence electrons. The lowest BCUT2D eigenvalue weighted by Gasteiger charge is -2.19. The third-order valence-corrected chi connectivity index (χ3v) is 5.13. The molecule has 1 aromatic rings. The van der Waals surface area contributed by atoms with E-state index in [1.54, 1.807) is 20.8 Å². The van der Waals surface area contributed by atoms with Gasteiger partial charge >= 0.3 is 12.1 Å². The highest BCUT2D eigenvalue weighted by atomic mass is 32.2. The van der Waals surface area contributed by atoms with Gasteiger partial charge in [0.1, 0.15) is 0 Å². The molecule has 2 amide bonds. The Morgan fingerprint density at radius 1 is 1.00 bits per heavy atom. The predicted octanol–water partition coefficient (Wildman–Crippen LogP) is 1.15. The molecule has 0 aliphatic carbocycles. The molecule has 0 aliphatic heterocycles. The second-order valence-electron chi connectivity index (χ2n) is 4.94. The monoisotopic (exact) mass is 386 g/mol. The molecule has 0 saturated carbocycles. The van der Waals surface area contributed by atoms with Crippen LogP contribution in [-0.2, 0) is 24.3 Å². The summed E-state index contributed by atoms with van der Waals surface area (Å²) in [4.78, 5) is 34.6. The highest BCUT2D eigenvalue weighted by Gasteiger charge is 2.26. The molecule has 9 nitrogen and oxygen atoms in total. The molecule has 0 bridgehead atoms. The zero-order valence-corrected chi connectivity index (χ0v) is 15.7. The maximum Gasteiger partial charge on any atom is 0.413 e. The highest BCUT2D eigenvalue weighted by Crippen LogP contribution is 2.16. The van der Waals surface area contributed by atoms with Gasteiger partial charge in [0.15, 0.2) is 0 Å². The van der Waals surface area contributed by atoms with E-state index in [-0.39, 0.29) is 30.2 Å². The molecule has 1 N–H and O–H groups in total. The molecule has 0 radical (unpaired) electrons. The summed E-state index contributed by atoms with van der Waals surface area (Å²) in [5, 5.41) is 1.94. The Hall–Kier alpha value is -2.46. The maximum absolute atomic E-state index is 12.6. The van der Waals surface area contributed by atoms with E-state index in [0.29, 0.717) is 0 Å². The highest BCUT2D eigenvalue weighted by molar-refractivity contribution is 7.89. The van der Waals surface area contributed by atoms with E-state index in [0.717, 1.165) is 4.31 Å². The van der Waals surface area contributed by atoms with Crippen LogP contribution >= 0.6 is 0 Å². The standard InChI is InChI=1S/C16H22N2O7S/c1-4-18(11-14(19)17-16(21)25-6-3)26(22,23)13-9-7-12(8-10-13)15(20)24-5-2/h7-10H,4-6,11H2,1-3H3,(H,17,19,21). The number of hydrogen-bond donors (Lipinski definition) is 1. The van der Waals surface area contributed by atoms with Crippen molar-refractivity contribution in [3.63, 3.8) is 0 Å². The molecule has 0 unspecified atom stereocenters. The van der Waals surface area contributed by atoms with Gasteiger partial charge in [0.05, 0.1) is 30.2 Å². The van der Waals surface area contributed by atoms with Crippen molar-refractivity contribution < 1.29 is 32.3 Å². The molecule has 10 heteroatoms. The van der Waals surface area contributed by atoms with Crippen molar-refractivity contribution in [3.8, 4) is 0 Å². The molecule has 0 atom stereocenters. The summed E-state index contributed by atoms with van der Waals surface area (Å²) in [5.41, 5.74) is 0.217. The Morgan fingerprint density at radius 2 is 1.58 bits per heavy atom. The summed E-state index contributed by atoms with van der Waals surface area (Å²) >= 11 is 0. The average molecular weight is 386 g/mol. The van der Waals surface area contributed by atoms with E-state index >= 15 is 0 Å². The predicted molar refractivity (Wildman–Crippen MR) is 92.0 cm³/mol. The summed E-state index contributed by atoms with van der Waals surface area (Å²) in [6.45, 7) is 4.56. The van der Waals surface area contributed by atoms with Gasteiger partial charge in [0.2, 0.25) is 15.9 Å². The first-order valence-electron chi connectivity index (χ1n) is 8.00. The van der Waals surface area contributed by atoms with Crippen molar-refractivity contribution in [2.45, 2.75) is 25.7 Å². The van der Waals surface area contributed by atoms with E-state index in [9.17, 15) is 22.8 Å². The minimum atomic E-state index is -3.98. The fourth-order valence-electron chi connectivity index (χ4n) is 1.97. The van der Waals surface area contributed by atoms with Crippen LogP contribution in [0.4, 0.5) is 4.79 Å². The Morgan fingerprint density at radius 3 is 2.08 bits per heavy atom. The number of ether oxygens (including phenoxy) is 2. The number of hydrogen-bond acceptors (Lipinski definition) is 7. The number of nitrogens with one attached hydrogen (secondary N) is 1. The van der Waals surface area contributed by atoms with Crippen LogP contribution in [0.5, 0.6) is 0 Å². The molecular formula is C16H22N2O7S. The summed E-state index contributed by atoms with van der Waals surface area (Å²) in [6, 6.07) is 5.18. The number of likely N-dealkylation sites (N-methyl/N-ethyl adjacent to an activating group) is 1. The topological polar surface area (TPSA) is 119 Å². The van der Waals surface area contributed by atoms with Gasteiger partial charge in [-0.05, 0) is 38.1 Å². The van der Waals surface area contributed by atoms with E-state index in [2.05, 4.69) is 4.74 Å². The largest absolute Gasteiger partial charge is 0.462 e. The Bertz CT molecular complexity index is 744. The number of esters is 1. The second kappa shape index (κ2) is 9.88. The van der Waals surface area contributed by atoms with Gasteiger partial charge < -0.3 is 9.47 Å². The summed E-state index contributed by atoms with van der Waals surface area (Å²) < 4.78 is 35.6. The van der Waals surface area contributed by atoms with Gasteiger partial charge in [-0.15, -0.1) is 0 Å². The van der Waals surface area contributed by atoms with Crippen molar-refractivity contribution in [1.29, 1.82) is 0 Å². The molecule has 0 aliphatic rings. The lowest BCUT2D eigenvalue weighted by molar-refractivity contribution is -0.120. The van der Waals surface area contributed by atoms with Gasteiger partial charge in [0, 0.05) is 6.54 Å². The molecule has 1 aromatic carbocycles. The van der Waals surface area contributed by atoms with Gasteiger partial charge in [-0.1, -0.05) is 6.92 Å². The van der Waals surface area contributed by atoms with Crippen molar-refractivity contribution in [2.24, 2.45) is 0 Å². The Labute approximate surface area is 152 Å². The van der Waals surface area contributed by atoms with Crippen LogP contribution in [0.1, 0.15) is 31.1 Å². The summed E-state index contributed by atoms with van der Waals surface area (Å²) in [6.07, 6.45) is -0.940. The first-order chi connectivity index (χ1) is 12.3. The number of rotatable bonds is 8. The van der Waals surface area contributed by atoms with Crippen LogP contribution in [0.15, 0.2) is 29.2 Å². The number of carbonyl (C=O) groups is 3. The minimum Gasteiger partial charge on any atom is -0.462 e. The number of alkyl carbamates (subject to hydrolysis) is 1. The van der Waals surface area contributed by atoms with E-state index < -0.39 is 34.5 Å². The SMILES string of the molecule is CCOC(=O)NC(=O)CN(CC)S(=O)(=O)c1ccc(C(=O)OCC)cc1. The zero-order valence-electron chi connectivity index (χ0n) is 14.9. The first-order valence-corrected chi connectivity index (χ1v) is 9.44. The number of nitrogens with zero attached hydrogens (tertiary/aromatic N) is 1. The molecular weight excluding hydrogens is 364 g/mol. The van der Waals surface area contributed by atoms with Crippen molar-refractivity contribution in [2.75, 3.05) is 26.3 Å². The van der Waals surface area contributed by atoms with Crippen LogP contribution in [0, 0.1) is 0 Å². The van der Waals surface area contributed by atoms with Crippen molar-refractivity contribution in [1.82, 2.24) is 9.62 Å². The maximum atomic E-state index is 12.6. The second-order valence-corrected chi connectivity index (χ2v) is 6.88.